The van der Waals surface area contributed by atoms with E-state index in [1.165, 1.54) is 57.2 Å². The predicted octanol–water partition coefficient (Wildman–Crippen LogP) is 3.34. The molecule has 0 amide bonds. The molecule has 1 aliphatic heterocycles. The van der Waals surface area contributed by atoms with E-state index in [1.807, 2.05) is 0 Å². The Balaban J connectivity index is 2.04. The maximum absolute atomic E-state index is 3.88. The highest BCUT2D eigenvalue weighted by molar-refractivity contribution is 5.01. The molecule has 1 atom stereocenters. The van der Waals surface area contributed by atoms with Crippen LogP contribution in [0, 0.1) is 0 Å². The van der Waals surface area contributed by atoms with Crippen LogP contribution in [-0.4, -0.2) is 36.1 Å². The molecular formula is C16H30N2. The molecule has 1 aliphatic carbocycles. The number of nitrogens with zero attached hydrogens (tertiary/aromatic N) is 1. The van der Waals surface area contributed by atoms with Crippen LogP contribution in [0.5, 0.6) is 0 Å². The summed E-state index contributed by atoms with van der Waals surface area (Å²) in [7, 11) is 0. The second-order valence-corrected chi connectivity index (χ2v) is 6.62. The van der Waals surface area contributed by atoms with E-state index < -0.39 is 0 Å². The van der Waals surface area contributed by atoms with Crippen LogP contribution in [-0.2, 0) is 0 Å². The molecule has 0 aromatic carbocycles. The second kappa shape index (κ2) is 6.21. The highest BCUT2D eigenvalue weighted by Crippen LogP contribution is 2.31. The summed E-state index contributed by atoms with van der Waals surface area (Å²) in [6.07, 6.45) is 10.7. The Labute approximate surface area is 113 Å². The van der Waals surface area contributed by atoms with Crippen molar-refractivity contribution in [2.24, 2.45) is 0 Å². The van der Waals surface area contributed by atoms with Gasteiger partial charge in [0.1, 0.15) is 0 Å². The molecule has 0 aromatic rings. The minimum Gasteiger partial charge on any atom is -0.310 e. The van der Waals surface area contributed by atoms with E-state index >= 15 is 0 Å². The lowest BCUT2D eigenvalue weighted by molar-refractivity contribution is 0.149. The van der Waals surface area contributed by atoms with Crippen molar-refractivity contribution in [1.82, 2.24) is 10.2 Å². The molecule has 1 heterocycles. The Hall–Kier alpha value is -0.340. The molecular weight excluding hydrogens is 220 g/mol. The largest absolute Gasteiger partial charge is 0.310 e. The lowest BCUT2D eigenvalue weighted by Crippen LogP contribution is -2.53. The van der Waals surface area contributed by atoms with Gasteiger partial charge in [0, 0.05) is 24.7 Å². The Morgan fingerprint density at radius 1 is 1.28 bits per heavy atom. The van der Waals surface area contributed by atoms with Gasteiger partial charge in [-0.1, -0.05) is 30.9 Å². The molecule has 1 unspecified atom stereocenters. The first-order valence-corrected chi connectivity index (χ1v) is 7.74. The van der Waals surface area contributed by atoms with Crippen LogP contribution in [0.1, 0.15) is 59.3 Å². The summed E-state index contributed by atoms with van der Waals surface area (Å²) >= 11 is 0. The van der Waals surface area contributed by atoms with Gasteiger partial charge in [-0.25, -0.2) is 0 Å². The molecule has 18 heavy (non-hydrogen) atoms. The van der Waals surface area contributed by atoms with Crippen molar-refractivity contribution >= 4 is 0 Å². The van der Waals surface area contributed by atoms with E-state index in [9.17, 15) is 0 Å². The minimum absolute atomic E-state index is 0.429. The summed E-state index contributed by atoms with van der Waals surface area (Å²) < 4.78 is 0. The Morgan fingerprint density at radius 2 is 2.00 bits per heavy atom. The van der Waals surface area contributed by atoms with E-state index in [0.717, 1.165) is 12.6 Å². The maximum atomic E-state index is 3.88. The fourth-order valence-electron chi connectivity index (χ4n) is 3.44. The monoisotopic (exact) mass is 250 g/mol. The fraction of sp³-hybridized carbons (Fsp3) is 0.875. The number of hydrogen-bond donors (Lipinski definition) is 1. The highest BCUT2D eigenvalue weighted by Gasteiger charge is 2.36. The van der Waals surface area contributed by atoms with E-state index in [4.69, 9.17) is 0 Å². The topological polar surface area (TPSA) is 15.3 Å². The normalized spacial score (nSPS) is 28.9. The van der Waals surface area contributed by atoms with Crippen LogP contribution in [0.2, 0.25) is 0 Å². The van der Waals surface area contributed by atoms with Crippen molar-refractivity contribution in [1.29, 1.82) is 0 Å². The molecule has 2 nitrogen and oxygen atoms in total. The summed E-state index contributed by atoms with van der Waals surface area (Å²) in [5.74, 6) is 0. The molecule has 0 aromatic heterocycles. The third kappa shape index (κ3) is 3.58. The van der Waals surface area contributed by atoms with Crippen LogP contribution in [0.25, 0.3) is 0 Å². The average molecular weight is 250 g/mol. The fourth-order valence-corrected chi connectivity index (χ4v) is 3.44. The molecule has 2 rings (SSSR count). The smallest absolute Gasteiger partial charge is 0.0309 e. The van der Waals surface area contributed by atoms with Gasteiger partial charge in [-0.15, -0.1) is 0 Å². The molecule has 1 saturated carbocycles. The van der Waals surface area contributed by atoms with E-state index in [1.54, 1.807) is 0 Å². The first kappa shape index (κ1) is 14.1. The van der Waals surface area contributed by atoms with Gasteiger partial charge in [0.25, 0.3) is 0 Å². The second-order valence-electron chi connectivity index (χ2n) is 6.62. The van der Waals surface area contributed by atoms with Gasteiger partial charge >= 0.3 is 0 Å². The zero-order valence-electron chi connectivity index (χ0n) is 12.5. The summed E-state index contributed by atoms with van der Waals surface area (Å²) in [6, 6.07) is 0.717. The zero-order chi connectivity index (χ0) is 13.0. The van der Waals surface area contributed by atoms with Crippen LogP contribution in [0.3, 0.4) is 0 Å². The number of allylic oxidation sites excluding steroid dienone is 1. The van der Waals surface area contributed by atoms with Crippen molar-refractivity contribution in [3.05, 3.63) is 11.6 Å². The zero-order valence-corrected chi connectivity index (χ0v) is 12.5. The number of rotatable bonds is 2. The summed E-state index contributed by atoms with van der Waals surface area (Å²) in [5.41, 5.74) is 1.87. The van der Waals surface area contributed by atoms with Gasteiger partial charge in [-0.2, -0.15) is 0 Å². The summed E-state index contributed by atoms with van der Waals surface area (Å²) in [5, 5.41) is 3.88. The van der Waals surface area contributed by atoms with Crippen LogP contribution in [0.4, 0.5) is 0 Å². The summed E-state index contributed by atoms with van der Waals surface area (Å²) in [4.78, 5) is 2.69. The molecule has 2 fully saturated rings. The quantitative estimate of drug-likeness (QED) is 0.756. The van der Waals surface area contributed by atoms with Crippen molar-refractivity contribution in [2.45, 2.75) is 70.9 Å². The lowest BCUT2D eigenvalue weighted by Gasteiger charge is -2.40. The third-order valence-electron chi connectivity index (χ3n) is 4.74. The molecule has 2 aliphatic rings. The van der Waals surface area contributed by atoms with Gasteiger partial charge < -0.3 is 5.32 Å². The third-order valence-corrected chi connectivity index (χ3v) is 4.74. The standard InChI is InChI=1S/C16H30N2/c1-14(2)8-12-18-13-16(9-5-4-6-10-16)17-11-7-15(18)3/h8,15,17H,4-7,9-13H2,1-3H3. The van der Waals surface area contributed by atoms with Crippen molar-refractivity contribution in [3.63, 3.8) is 0 Å². The van der Waals surface area contributed by atoms with Gasteiger partial charge in [0.05, 0.1) is 0 Å². The Morgan fingerprint density at radius 3 is 2.67 bits per heavy atom. The van der Waals surface area contributed by atoms with Crippen molar-refractivity contribution < 1.29 is 0 Å². The Kier molecular flexibility index (Phi) is 4.85. The maximum Gasteiger partial charge on any atom is 0.0309 e. The first-order valence-electron chi connectivity index (χ1n) is 7.74. The van der Waals surface area contributed by atoms with Crippen LogP contribution >= 0.6 is 0 Å². The van der Waals surface area contributed by atoms with Gasteiger partial charge in [0.15, 0.2) is 0 Å². The molecule has 1 N–H and O–H groups in total. The molecule has 1 saturated heterocycles. The van der Waals surface area contributed by atoms with E-state index in [2.05, 4.69) is 37.1 Å². The van der Waals surface area contributed by atoms with Gasteiger partial charge in [-0.05, 0) is 46.6 Å². The first-order chi connectivity index (χ1) is 8.61. The molecule has 104 valence electrons. The van der Waals surface area contributed by atoms with Crippen LogP contribution in [0.15, 0.2) is 11.6 Å². The van der Waals surface area contributed by atoms with E-state index in [-0.39, 0.29) is 0 Å². The average Bonchev–Trinajstić information content (AvgIpc) is 2.48. The lowest BCUT2D eigenvalue weighted by atomic mass is 9.81. The van der Waals surface area contributed by atoms with Gasteiger partial charge in [0.2, 0.25) is 0 Å². The molecule has 1 spiro atoms. The SMILES string of the molecule is CC(C)=CCN1CC2(CCCCC2)NCCC1C. The van der Waals surface area contributed by atoms with E-state index in [0.29, 0.717) is 5.54 Å². The van der Waals surface area contributed by atoms with Gasteiger partial charge in [-0.3, -0.25) is 4.90 Å². The minimum atomic E-state index is 0.429. The number of nitrogens with one attached hydrogen (secondary N) is 1. The molecule has 0 bridgehead atoms. The highest BCUT2D eigenvalue weighted by atomic mass is 15.2. The Bertz CT molecular complexity index is 285. The molecule has 2 heteroatoms. The predicted molar refractivity (Wildman–Crippen MR) is 78.9 cm³/mol. The number of hydrogen-bond acceptors (Lipinski definition) is 2. The molecule has 0 radical (unpaired) electrons. The van der Waals surface area contributed by atoms with Crippen LogP contribution < -0.4 is 5.32 Å². The van der Waals surface area contributed by atoms with Crippen molar-refractivity contribution in [3.8, 4) is 0 Å². The van der Waals surface area contributed by atoms with Crippen molar-refractivity contribution in [2.75, 3.05) is 19.6 Å². The summed E-state index contributed by atoms with van der Waals surface area (Å²) in [6.45, 7) is 10.4.